The van der Waals surface area contributed by atoms with Crippen LogP contribution in [0.1, 0.15) is 33.4 Å². The first-order chi connectivity index (χ1) is 28.9. The lowest BCUT2D eigenvalue weighted by Crippen LogP contribution is -2.29. The van der Waals surface area contributed by atoms with Crippen molar-refractivity contribution in [3.63, 3.8) is 0 Å². The maximum absolute atomic E-state index is 9.83. The van der Waals surface area contributed by atoms with Gasteiger partial charge >= 0.3 is 0 Å². The standard InChI is InChI=1S/C48H40N4O6S/c1-48(38-17-13-35(14-18-38)34-11-7-4-8-12-34)40(44(51-2)45(58-48)37(30-49)31-50)20-22-43-47-46(55-27-28-56-47)42(59-43)21-16-36-15-19-39(52(23-25-53)24-26-54)29-41(36)57-32-33-9-5-3-6-10-33/h3-22,29,53-54H,23-28,32H2,1H3/b21-16+,22-20+. The molecule has 2 aliphatic heterocycles. The Labute approximate surface area is 347 Å². The fourth-order valence-electron chi connectivity index (χ4n) is 7.00. The second kappa shape index (κ2) is 18.5. The molecule has 0 fully saturated rings. The van der Waals surface area contributed by atoms with E-state index in [9.17, 15) is 20.7 Å². The van der Waals surface area contributed by atoms with E-state index < -0.39 is 5.60 Å². The smallest absolute Gasteiger partial charge is 0.237 e. The number of aliphatic hydroxyl groups is 2. The molecular formula is C48H40N4O6S. The Morgan fingerprint density at radius 2 is 1.44 bits per heavy atom. The molecule has 2 N–H and O–H groups in total. The number of rotatable bonds is 14. The van der Waals surface area contributed by atoms with E-state index in [1.807, 2.05) is 145 Å². The Morgan fingerprint density at radius 3 is 2.05 bits per heavy atom. The number of aliphatic hydroxyl groups excluding tert-OH is 2. The summed E-state index contributed by atoms with van der Waals surface area (Å²) < 4.78 is 25.1. The van der Waals surface area contributed by atoms with Gasteiger partial charge in [-0.1, -0.05) is 91.0 Å². The van der Waals surface area contributed by atoms with Crippen LogP contribution in [0.25, 0.3) is 34.2 Å². The van der Waals surface area contributed by atoms with Crippen molar-refractivity contribution in [2.75, 3.05) is 44.4 Å². The van der Waals surface area contributed by atoms with Gasteiger partial charge in [0.05, 0.1) is 29.5 Å². The van der Waals surface area contributed by atoms with Crippen LogP contribution in [0.15, 0.2) is 132 Å². The summed E-state index contributed by atoms with van der Waals surface area (Å²) in [6, 6.07) is 37.3. The molecule has 0 bridgehead atoms. The number of hydrogen-bond donors (Lipinski definition) is 2. The summed E-state index contributed by atoms with van der Waals surface area (Å²) in [5.74, 6) is 1.73. The van der Waals surface area contributed by atoms with Crippen molar-refractivity contribution in [1.29, 1.82) is 10.5 Å². The van der Waals surface area contributed by atoms with E-state index >= 15 is 0 Å². The summed E-state index contributed by atoms with van der Waals surface area (Å²) in [5.41, 5.74) is 4.52. The van der Waals surface area contributed by atoms with Gasteiger partial charge in [-0.05, 0) is 59.5 Å². The number of thiophene rings is 1. The largest absolute Gasteiger partial charge is 0.488 e. The van der Waals surface area contributed by atoms with Crippen molar-refractivity contribution < 1.29 is 29.2 Å². The Morgan fingerprint density at radius 1 is 0.831 bits per heavy atom. The molecule has 0 radical (unpaired) electrons. The predicted molar refractivity (Wildman–Crippen MR) is 229 cm³/mol. The molecule has 1 unspecified atom stereocenters. The first kappa shape index (κ1) is 40.1. The number of allylic oxidation sites excluding steroid dienone is 1. The highest BCUT2D eigenvalue weighted by atomic mass is 32.1. The molecule has 1 aromatic heterocycles. The van der Waals surface area contributed by atoms with E-state index in [0.717, 1.165) is 43.3 Å². The highest BCUT2D eigenvalue weighted by molar-refractivity contribution is 7.14. The zero-order chi connectivity index (χ0) is 41.2. The molecule has 0 saturated carbocycles. The number of anilines is 1. The number of fused-ring (bicyclic) bond motifs is 1. The van der Waals surface area contributed by atoms with E-state index in [2.05, 4.69) is 4.85 Å². The second-order valence-corrected chi connectivity index (χ2v) is 14.7. The average molecular weight is 801 g/mol. The maximum Gasteiger partial charge on any atom is 0.237 e. The third-order valence-corrected chi connectivity index (χ3v) is 11.1. The third-order valence-electron chi connectivity index (χ3n) is 10.0. The number of benzene rings is 4. The van der Waals surface area contributed by atoms with Crippen LogP contribution in [0.2, 0.25) is 0 Å². The van der Waals surface area contributed by atoms with Crippen molar-refractivity contribution in [2.24, 2.45) is 0 Å². The Hall–Kier alpha value is -7.07. The molecular weight excluding hydrogens is 761 g/mol. The van der Waals surface area contributed by atoms with E-state index in [4.69, 9.17) is 25.5 Å². The van der Waals surface area contributed by atoms with E-state index in [-0.39, 0.29) is 30.2 Å². The van der Waals surface area contributed by atoms with Gasteiger partial charge in [0, 0.05) is 36.0 Å². The minimum absolute atomic E-state index is 0.0529. The molecule has 11 heteroatoms. The third kappa shape index (κ3) is 8.62. The molecule has 0 saturated heterocycles. The number of nitrogens with zero attached hydrogens (tertiary/aromatic N) is 4. The summed E-state index contributed by atoms with van der Waals surface area (Å²) in [5, 5.41) is 39.0. The van der Waals surface area contributed by atoms with Gasteiger partial charge in [0.2, 0.25) is 5.70 Å². The van der Waals surface area contributed by atoms with Gasteiger partial charge in [-0.3, -0.25) is 0 Å². The molecule has 3 heterocycles. The van der Waals surface area contributed by atoms with E-state index in [0.29, 0.717) is 55.7 Å². The first-order valence-electron chi connectivity index (χ1n) is 19.0. The SMILES string of the molecule is [C-]#[N+]C1=C(/C=C/c2sc(/C=C/c3ccc(N(CCO)CCO)cc3OCc3ccccc3)c3c2OCCO3)C(C)(c2ccc(-c3ccccc3)cc2)OC1=C(C#N)C#N. The zero-order valence-corrected chi connectivity index (χ0v) is 33.1. The lowest BCUT2D eigenvalue weighted by molar-refractivity contribution is 0.0755. The van der Waals surface area contributed by atoms with Gasteiger partial charge in [0.15, 0.2) is 22.8 Å². The summed E-state index contributed by atoms with van der Waals surface area (Å²) >= 11 is 1.45. The molecule has 5 aromatic rings. The lowest BCUT2D eigenvalue weighted by Gasteiger charge is -2.28. The summed E-state index contributed by atoms with van der Waals surface area (Å²) in [6.07, 6.45) is 7.56. The second-order valence-electron chi connectivity index (χ2n) is 13.7. The molecule has 10 nitrogen and oxygen atoms in total. The molecule has 294 valence electrons. The number of ether oxygens (including phenoxy) is 4. The minimum atomic E-state index is -1.20. The monoisotopic (exact) mass is 800 g/mol. The highest BCUT2D eigenvalue weighted by Crippen LogP contribution is 2.50. The van der Waals surface area contributed by atoms with Gasteiger partial charge in [-0.15, -0.1) is 11.3 Å². The van der Waals surface area contributed by atoms with Crippen molar-refractivity contribution in [3.8, 4) is 40.5 Å². The summed E-state index contributed by atoms with van der Waals surface area (Å²) in [7, 11) is 0. The molecule has 0 amide bonds. The maximum atomic E-state index is 9.83. The summed E-state index contributed by atoms with van der Waals surface area (Å²) in [6.45, 7) is 11.7. The quantitative estimate of drug-likeness (QED) is 0.0834. The van der Waals surface area contributed by atoms with Crippen LogP contribution in [-0.2, 0) is 16.9 Å². The summed E-state index contributed by atoms with van der Waals surface area (Å²) in [4.78, 5) is 7.24. The van der Waals surface area contributed by atoms with Crippen molar-refractivity contribution in [3.05, 3.63) is 170 Å². The van der Waals surface area contributed by atoms with Gasteiger partial charge < -0.3 is 34.1 Å². The topological polar surface area (TPSA) is 133 Å². The molecule has 0 spiro atoms. The van der Waals surface area contributed by atoms with Crippen LogP contribution in [-0.4, -0.2) is 49.7 Å². The van der Waals surface area contributed by atoms with Crippen LogP contribution in [0.4, 0.5) is 5.69 Å². The molecule has 4 aromatic carbocycles. The van der Waals surface area contributed by atoms with Gasteiger partial charge in [0.1, 0.15) is 43.3 Å². The van der Waals surface area contributed by atoms with Crippen LogP contribution < -0.4 is 19.1 Å². The molecule has 59 heavy (non-hydrogen) atoms. The Balaban J connectivity index is 1.25. The number of nitriles is 2. The molecule has 1 atom stereocenters. The molecule has 2 aliphatic rings. The normalized spacial score (nSPS) is 15.8. The van der Waals surface area contributed by atoms with Crippen LogP contribution >= 0.6 is 11.3 Å². The fraction of sp³-hybridized carbons (Fsp3) is 0.188. The van der Waals surface area contributed by atoms with E-state index in [1.54, 1.807) is 6.08 Å². The Kier molecular flexibility index (Phi) is 12.6. The van der Waals surface area contributed by atoms with Crippen LogP contribution in [0.3, 0.4) is 0 Å². The minimum Gasteiger partial charge on any atom is -0.488 e. The van der Waals surface area contributed by atoms with Gasteiger partial charge in [-0.25, -0.2) is 4.85 Å². The van der Waals surface area contributed by atoms with Gasteiger partial charge in [0.25, 0.3) is 0 Å². The van der Waals surface area contributed by atoms with E-state index in [1.165, 1.54) is 11.3 Å². The average Bonchev–Trinajstić information content (AvgIpc) is 3.79. The predicted octanol–water partition coefficient (Wildman–Crippen LogP) is 9.16. The fourth-order valence-corrected chi connectivity index (χ4v) is 7.99. The molecule has 7 rings (SSSR count). The lowest BCUT2D eigenvalue weighted by atomic mass is 9.86. The first-order valence-corrected chi connectivity index (χ1v) is 19.8. The van der Waals surface area contributed by atoms with Crippen molar-refractivity contribution >= 4 is 35.3 Å². The Bertz CT molecular complexity index is 2540. The molecule has 0 aliphatic carbocycles. The zero-order valence-electron chi connectivity index (χ0n) is 32.3. The van der Waals surface area contributed by atoms with Crippen LogP contribution in [0, 0.1) is 29.2 Å². The van der Waals surface area contributed by atoms with Gasteiger partial charge in [-0.2, -0.15) is 10.5 Å². The van der Waals surface area contributed by atoms with Crippen molar-refractivity contribution in [2.45, 2.75) is 19.1 Å². The highest BCUT2D eigenvalue weighted by Gasteiger charge is 2.44. The van der Waals surface area contributed by atoms with Crippen LogP contribution in [0.5, 0.6) is 17.2 Å². The van der Waals surface area contributed by atoms with Crippen molar-refractivity contribution in [1.82, 2.24) is 0 Å². The number of hydrogen-bond acceptors (Lipinski definition) is 10.